The molecule has 0 bridgehead atoms. The van der Waals surface area contributed by atoms with Crippen molar-refractivity contribution >= 4 is 11.8 Å². The van der Waals surface area contributed by atoms with Gasteiger partial charge in [-0.2, -0.15) is 0 Å². The number of aliphatic hydroxyl groups excluding tert-OH is 2. The van der Waals surface area contributed by atoms with E-state index in [4.69, 9.17) is 9.47 Å². The van der Waals surface area contributed by atoms with Crippen LogP contribution in [0.15, 0.2) is 0 Å². The number of hydrogen-bond acceptors (Lipinski definition) is 5. The Morgan fingerprint density at radius 2 is 1.29 bits per heavy atom. The Kier molecular flexibility index (Phi) is 5.97. The quantitative estimate of drug-likeness (QED) is 0.641. The molecule has 186 valence electrons. The zero-order valence-corrected chi connectivity index (χ0v) is 21.1. The Bertz CT molecular complexity index is 1230. The summed E-state index contributed by atoms with van der Waals surface area (Å²) in [6.07, 6.45) is 10.5. The maximum atomic E-state index is 10.6. The van der Waals surface area contributed by atoms with Gasteiger partial charge in [0.25, 0.3) is 0 Å². The smallest absolute Gasteiger partial charge is 0.213 e. The van der Waals surface area contributed by atoms with E-state index in [0.29, 0.717) is 0 Å². The SMILES string of the molecule is COc1c2c3c(c(OC)c1=Cc1c(CO)c4c5c(c1CO)CCCN5CCC4)CCC[N+]=3CCC2. The highest BCUT2D eigenvalue weighted by molar-refractivity contribution is 5.76. The monoisotopic (exact) mass is 477 g/mol. The van der Waals surface area contributed by atoms with Gasteiger partial charge in [-0.1, -0.05) is 0 Å². The largest absolute Gasteiger partial charge is 0.495 e. The summed E-state index contributed by atoms with van der Waals surface area (Å²) in [5, 5.41) is 23.5. The van der Waals surface area contributed by atoms with Gasteiger partial charge in [-0.3, -0.25) is 0 Å². The van der Waals surface area contributed by atoms with Gasteiger partial charge in [-0.05, 0) is 72.4 Å². The molecule has 0 saturated heterocycles. The van der Waals surface area contributed by atoms with E-state index in [0.717, 1.165) is 111 Å². The van der Waals surface area contributed by atoms with Crippen LogP contribution in [-0.2, 0) is 38.9 Å². The van der Waals surface area contributed by atoms with E-state index in [1.54, 1.807) is 14.2 Å². The molecular weight excluding hydrogens is 440 g/mol. The van der Waals surface area contributed by atoms with Crippen LogP contribution < -0.4 is 29.5 Å². The molecule has 4 aliphatic rings. The van der Waals surface area contributed by atoms with Crippen molar-refractivity contribution in [3.05, 3.63) is 49.5 Å². The Hall–Kier alpha value is -2.57. The van der Waals surface area contributed by atoms with Gasteiger partial charge in [0.1, 0.15) is 24.6 Å². The number of ether oxygens (including phenoxy) is 2. The third-order valence-corrected chi connectivity index (χ3v) is 8.62. The zero-order chi connectivity index (χ0) is 24.1. The summed E-state index contributed by atoms with van der Waals surface area (Å²) >= 11 is 0. The van der Waals surface area contributed by atoms with E-state index in [2.05, 4.69) is 15.6 Å². The highest BCUT2D eigenvalue weighted by Crippen LogP contribution is 2.42. The van der Waals surface area contributed by atoms with Crippen molar-refractivity contribution in [1.29, 1.82) is 0 Å². The molecule has 0 aliphatic carbocycles. The second-order valence-corrected chi connectivity index (χ2v) is 10.3. The third kappa shape index (κ3) is 3.40. The van der Waals surface area contributed by atoms with Crippen molar-refractivity contribution in [3.63, 3.8) is 0 Å². The lowest BCUT2D eigenvalue weighted by molar-refractivity contribution is 0.272. The molecule has 0 atom stereocenters. The number of hydrogen-bond donors (Lipinski definition) is 2. The lowest BCUT2D eigenvalue weighted by Gasteiger charge is -2.39. The fourth-order valence-electron chi connectivity index (χ4n) is 7.30. The number of rotatable bonds is 5. The van der Waals surface area contributed by atoms with Crippen LogP contribution in [0.5, 0.6) is 11.5 Å². The van der Waals surface area contributed by atoms with E-state index >= 15 is 0 Å². The molecule has 0 radical (unpaired) electrons. The summed E-state index contributed by atoms with van der Waals surface area (Å²) in [7, 11) is 3.51. The van der Waals surface area contributed by atoms with Crippen LogP contribution in [-0.4, -0.2) is 50.6 Å². The minimum absolute atomic E-state index is 0.0362. The van der Waals surface area contributed by atoms with Gasteiger partial charge in [-0.25, -0.2) is 4.58 Å². The fourth-order valence-corrected chi connectivity index (χ4v) is 7.30. The standard InChI is InChI=1S/C29H37N2O4/c1-34-28-20-9-5-13-31-14-6-10-21(27(20)31)29(35-2)23(28)15-22-24(16-32)18-7-3-11-30-12-4-8-19(26(18)30)25(22)17-33/h15,32-33H,3-14,16-17H2,1-2H3/q+1. The van der Waals surface area contributed by atoms with Gasteiger partial charge in [0.2, 0.25) is 5.36 Å². The number of nitrogens with zero attached hydrogens (tertiary/aromatic N) is 2. The summed E-state index contributed by atoms with van der Waals surface area (Å²) in [4.78, 5) is 2.47. The van der Waals surface area contributed by atoms with Crippen LogP contribution in [0.25, 0.3) is 6.08 Å². The summed E-state index contributed by atoms with van der Waals surface area (Å²) in [6.45, 7) is 4.22. The molecule has 0 spiro atoms. The van der Waals surface area contributed by atoms with Gasteiger partial charge in [0.15, 0.2) is 0 Å². The summed E-state index contributed by atoms with van der Waals surface area (Å²) < 4.78 is 14.7. The average molecular weight is 478 g/mol. The van der Waals surface area contributed by atoms with Gasteiger partial charge >= 0.3 is 0 Å². The van der Waals surface area contributed by atoms with E-state index in [1.807, 2.05) is 0 Å². The van der Waals surface area contributed by atoms with Crippen molar-refractivity contribution in [3.8, 4) is 11.5 Å². The highest BCUT2D eigenvalue weighted by atomic mass is 16.5. The van der Waals surface area contributed by atoms with Gasteiger partial charge in [0, 0.05) is 31.6 Å². The summed E-state index contributed by atoms with van der Waals surface area (Å²) in [6, 6.07) is 0. The van der Waals surface area contributed by atoms with Crippen LogP contribution in [0.1, 0.15) is 64.6 Å². The molecule has 2 aromatic rings. The predicted octanol–water partition coefficient (Wildman–Crippen LogP) is 1.60. The molecule has 0 amide bonds. The first kappa shape index (κ1) is 22.9. The molecular formula is C29H37N2O4+. The molecule has 2 N–H and O–H groups in total. The van der Waals surface area contributed by atoms with Gasteiger partial charge in [0.05, 0.1) is 43.8 Å². The summed E-state index contributed by atoms with van der Waals surface area (Å²) in [5.74, 6) is 1.76. The normalized spacial score (nSPS) is 18.2. The molecule has 4 heterocycles. The second kappa shape index (κ2) is 9.14. The predicted molar refractivity (Wildman–Crippen MR) is 137 cm³/mol. The third-order valence-electron chi connectivity index (χ3n) is 8.62. The van der Waals surface area contributed by atoms with Crippen molar-refractivity contribution < 1.29 is 19.7 Å². The molecule has 4 aliphatic heterocycles. The molecule has 35 heavy (non-hydrogen) atoms. The molecule has 2 aromatic carbocycles. The second-order valence-electron chi connectivity index (χ2n) is 10.3. The Labute approximate surface area is 207 Å². The van der Waals surface area contributed by atoms with E-state index < -0.39 is 0 Å². The number of aliphatic hydroxyl groups is 2. The van der Waals surface area contributed by atoms with E-state index in [-0.39, 0.29) is 13.2 Å². The Morgan fingerprint density at radius 3 is 1.77 bits per heavy atom. The van der Waals surface area contributed by atoms with Crippen molar-refractivity contribution in [1.82, 2.24) is 4.58 Å². The number of methoxy groups -OCH3 is 2. The van der Waals surface area contributed by atoms with Crippen LogP contribution in [0.2, 0.25) is 0 Å². The lowest BCUT2D eigenvalue weighted by Crippen LogP contribution is -2.45. The van der Waals surface area contributed by atoms with Gasteiger partial charge in [-0.15, -0.1) is 0 Å². The Balaban J connectivity index is 1.72. The molecule has 6 heteroatoms. The van der Waals surface area contributed by atoms with Crippen LogP contribution in [0.4, 0.5) is 5.69 Å². The first-order valence-corrected chi connectivity index (χ1v) is 13.3. The molecule has 0 aromatic heterocycles. The van der Waals surface area contributed by atoms with Crippen molar-refractivity contribution in [2.24, 2.45) is 0 Å². The maximum Gasteiger partial charge on any atom is 0.213 e. The van der Waals surface area contributed by atoms with Gasteiger partial charge < -0.3 is 24.6 Å². The molecule has 0 fully saturated rings. The minimum atomic E-state index is -0.0362. The van der Waals surface area contributed by atoms with Crippen LogP contribution >= 0.6 is 0 Å². The van der Waals surface area contributed by atoms with Crippen LogP contribution in [0, 0.1) is 0 Å². The number of anilines is 1. The van der Waals surface area contributed by atoms with E-state index in [9.17, 15) is 10.2 Å². The molecule has 6 nitrogen and oxygen atoms in total. The maximum absolute atomic E-state index is 10.6. The first-order valence-electron chi connectivity index (χ1n) is 13.3. The fraction of sp³-hybridized carbons (Fsp3) is 0.552. The van der Waals surface area contributed by atoms with Crippen molar-refractivity contribution in [2.45, 2.75) is 64.6 Å². The average Bonchev–Trinajstić information content (AvgIpc) is 2.90. The van der Waals surface area contributed by atoms with E-state index in [1.165, 1.54) is 33.3 Å². The van der Waals surface area contributed by atoms with Crippen molar-refractivity contribution in [2.75, 3.05) is 45.3 Å². The summed E-state index contributed by atoms with van der Waals surface area (Å²) in [5.41, 5.74) is 9.24. The lowest BCUT2D eigenvalue weighted by atomic mass is 9.81. The highest BCUT2D eigenvalue weighted by Gasteiger charge is 2.33. The minimum Gasteiger partial charge on any atom is -0.495 e. The Morgan fingerprint density at radius 1 is 0.771 bits per heavy atom. The number of benzene rings is 2. The van der Waals surface area contributed by atoms with Crippen LogP contribution in [0.3, 0.4) is 0 Å². The molecule has 0 unspecified atom stereocenters. The first-order chi connectivity index (χ1) is 17.2. The molecule has 6 rings (SSSR count). The zero-order valence-electron chi connectivity index (χ0n) is 21.1. The topological polar surface area (TPSA) is 65.2 Å². The molecule has 0 saturated carbocycles.